The normalized spacial score (nSPS) is 12.8. The SMILES string of the molecule is FC(Cl)c1ccc(CCCBr)cc1. The molecule has 0 N–H and O–H groups in total. The van der Waals surface area contributed by atoms with Crippen LogP contribution in [-0.2, 0) is 6.42 Å². The predicted octanol–water partition coefficient (Wildman–Crippen LogP) is 4.22. The number of benzene rings is 1. The molecule has 0 amide bonds. The van der Waals surface area contributed by atoms with Crippen LogP contribution in [0.15, 0.2) is 24.3 Å². The number of alkyl halides is 3. The maximum absolute atomic E-state index is 12.6. The summed E-state index contributed by atoms with van der Waals surface area (Å²) in [6.07, 6.45) is 2.12. The van der Waals surface area contributed by atoms with E-state index in [1.54, 1.807) is 12.1 Å². The molecule has 0 nitrogen and oxygen atoms in total. The first kappa shape index (κ1) is 11.0. The highest BCUT2D eigenvalue weighted by Crippen LogP contribution is 2.21. The first-order chi connectivity index (χ1) is 6.24. The zero-order valence-corrected chi connectivity index (χ0v) is 9.48. The van der Waals surface area contributed by atoms with Gasteiger partial charge in [-0.2, -0.15) is 0 Å². The molecule has 0 radical (unpaired) electrons. The molecule has 1 aromatic carbocycles. The first-order valence-electron chi connectivity index (χ1n) is 4.17. The van der Waals surface area contributed by atoms with Gasteiger partial charge in [0.25, 0.3) is 0 Å². The third kappa shape index (κ3) is 3.65. The van der Waals surface area contributed by atoms with Crippen LogP contribution in [0.1, 0.15) is 23.2 Å². The van der Waals surface area contributed by atoms with Crippen LogP contribution < -0.4 is 0 Å². The lowest BCUT2D eigenvalue weighted by Gasteiger charge is -2.02. The molecule has 0 heterocycles. The summed E-state index contributed by atoms with van der Waals surface area (Å²) in [5.74, 6) is 0. The summed E-state index contributed by atoms with van der Waals surface area (Å²) < 4.78 is 12.6. The molecule has 0 aliphatic carbocycles. The Hall–Kier alpha value is -0.0800. The summed E-state index contributed by atoms with van der Waals surface area (Å²) >= 11 is 8.65. The van der Waals surface area contributed by atoms with Crippen molar-refractivity contribution in [1.82, 2.24) is 0 Å². The molecule has 0 aliphatic heterocycles. The summed E-state index contributed by atoms with van der Waals surface area (Å²) in [5.41, 5.74) is 0.370. The summed E-state index contributed by atoms with van der Waals surface area (Å²) in [4.78, 5) is 0. The molecule has 0 aromatic heterocycles. The molecule has 1 aromatic rings. The van der Waals surface area contributed by atoms with Crippen molar-refractivity contribution in [1.29, 1.82) is 0 Å². The zero-order valence-electron chi connectivity index (χ0n) is 7.14. The Morgan fingerprint density at radius 1 is 1.31 bits per heavy atom. The third-order valence-corrected chi connectivity index (χ3v) is 2.64. The van der Waals surface area contributed by atoms with Gasteiger partial charge in [0.05, 0.1) is 0 Å². The standard InChI is InChI=1S/C10H11BrClF/c11-7-1-2-8-3-5-9(6-4-8)10(12)13/h3-6,10H,1-2,7H2. The van der Waals surface area contributed by atoms with Crippen molar-refractivity contribution in [3.05, 3.63) is 35.4 Å². The topological polar surface area (TPSA) is 0 Å². The van der Waals surface area contributed by atoms with Crippen LogP contribution in [0.25, 0.3) is 0 Å². The lowest BCUT2D eigenvalue weighted by Crippen LogP contribution is -1.88. The molecule has 0 aliphatic rings. The largest absolute Gasteiger partial charge is 0.225 e. The Kier molecular flexibility index (Phi) is 4.74. The Labute approximate surface area is 91.2 Å². The van der Waals surface area contributed by atoms with Gasteiger partial charge in [-0.1, -0.05) is 51.8 Å². The molecule has 13 heavy (non-hydrogen) atoms. The lowest BCUT2D eigenvalue weighted by atomic mass is 10.1. The van der Waals surface area contributed by atoms with Crippen molar-refractivity contribution in [3.8, 4) is 0 Å². The van der Waals surface area contributed by atoms with Gasteiger partial charge in [-0.25, -0.2) is 4.39 Å². The monoisotopic (exact) mass is 264 g/mol. The number of rotatable bonds is 4. The molecule has 3 heteroatoms. The Morgan fingerprint density at radius 2 is 1.92 bits per heavy atom. The molecule has 0 bridgehead atoms. The van der Waals surface area contributed by atoms with Crippen molar-refractivity contribution in [2.45, 2.75) is 18.5 Å². The minimum absolute atomic E-state index is 0.532. The fraction of sp³-hybridized carbons (Fsp3) is 0.400. The molecule has 1 rings (SSSR count). The van der Waals surface area contributed by atoms with Crippen LogP contribution in [0.4, 0.5) is 4.39 Å². The molecule has 0 fully saturated rings. The van der Waals surface area contributed by atoms with Crippen molar-refractivity contribution in [2.24, 2.45) is 0 Å². The number of hydrogen-bond acceptors (Lipinski definition) is 0. The molecule has 0 spiro atoms. The molecule has 0 saturated heterocycles. The fourth-order valence-corrected chi connectivity index (χ4v) is 1.53. The van der Waals surface area contributed by atoms with Crippen molar-refractivity contribution < 1.29 is 4.39 Å². The van der Waals surface area contributed by atoms with E-state index in [4.69, 9.17) is 11.6 Å². The van der Waals surface area contributed by atoms with Crippen LogP contribution in [0.5, 0.6) is 0 Å². The van der Waals surface area contributed by atoms with Gasteiger partial charge in [0.1, 0.15) is 0 Å². The van der Waals surface area contributed by atoms with E-state index in [1.807, 2.05) is 12.1 Å². The second-order valence-corrected chi connectivity index (χ2v) is 4.01. The van der Waals surface area contributed by atoms with Crippen LogP contribution in [-0.4, -0.2) is 5.33 Å². The molecule has 0 saturated carbocycles. The Morgan fingerprint density at radius 3 is 2.38 bits per heavy atom. The van der Waals surface area contributed by atoms with Crippen molar-refractivity contribution >= 4 is 27.5 Å². The average Bonchev–Trinajstić information content (AvgIpc) is 2.15. The van der Waals surface area contributed by atoms with E-state index in [2.05, 4.69) is 15.9 Å². The first-order valence-corrected chi connectivity index (χ1v) is 5.73. The van der Waals surface area contributed by atoms with Gasteiger partial charge in [-0.3, -0.25) is 0 Å². The van der Waals surface area contributed by atoms with Gasteiger partial charge in [0, 0.05) is 10.9 Å². The summed E-state index contributed by atoms with van der Waals surface area (Å²) in [6.45, 7) is 0. The Balaban J connectivity index is 2.59. The molecular formula is C10H11BrClF. The highest BCUT2D eigenvalue weighted by molar-refractivity contribution is 9.09. The summed E-state index contributed by atoms with van der Waals surface area (Å²) in [5, 5.41) is 0.996. The average molecular weight is 266 g/mol. The van der Waals surface area contributed by atoms with Gasteiger partial charge in [-0.05, 0) is 18.4 Å². The van der Waals surface area contributed by atoms with Gasteiger partial charge >= 0.3 is 0 Å². The predicted molar refractivity (Wildman–Crippen MR) is 58.3 cm³/mol. The van der Waals surface area contributed by atoms with Crippen molar-refractivity contribution in [2.75, 3.05) is 5.33 Å². The quantitative estimate of drug-likeness (QED) is 0.715. The van der Waals surface area contributed by atoms with Gasteiger partial charge in [0.15, 0.2) is 5.63 Å². The van der Waals surface area contributed by atoms with Crippen LogP contribution in [0.3, 0.4) is 0 Å². The van der Waals surface area contributed by atoms with Crippen LogP contribution in [0, 0.1) is 0 Å². The minimum Gasteiger partial charge on any atom is -0.225 e. The summed E-state index contributed by atoms with van der Waals surface area (Å²) in [7, 11) is 0. The number of aryl methyl sites for hydroxylation is 1. The molecular weight excluding hydrogens is 254 g/mol. The Bertz CT molecular complexity index is 246. The van der Waals surface area contributed by atoms with E-state index >= 15 is 0 Å². The smallest absolute Gasteiger partial charge is 0.198 e. The van der Waals surface area contributed by atoms with Crippen LogP contribution in [0.2, 0.25) is 0 Å². The van der Waals surface area contributed by atoms with E-state index in [0.29, 0.717) is 5.56 Å². The fourth-order valence-electron chi connectivity index (χ4n) is 1.10. The second-order valence-electron chi connectivity index (χ2n) is 2.83. The third-order valence-electron chi connectivity index (χ3n) is 1.83. The maximum Gasteiger partial charge on any atom is 0.198 e. The maximum atomic E-state index is 12.6. The van der Waals surface area contributed by atoms with Gasteiger partial charge < -0.3 is 0 Å². The second kappa shape index (κ2) is 5.61. The molecule has 72 valence electrons. The minimum atomic E-state index is -1.38. The highest BCUT2D eigenvalue weighted by atomic mass is 79.9. The van der Waals surface area contributed by atoms with E-state index in [0.717, 1.165) is 18.2 Å². The van der Waals surface area contributed by atoms with Gasteiger partial charge in [0.2, 0.25) is 0 Å². The zero-order chi connectivity index (χ0) is 9.68. The van der Waals surface area contributed by atoms with E-state index < -0.39 is 5.63 Å². The summed E-state index contributed by atoms with van der Waals surface area (Å²) in [6, 6.07) is 7.32. The van der Waals surface area contributed by atoms with E-state index in [-0.39, 0.29) is 0 Å². The van der Waals surface area contributed by atoms with E-state index in [1.165, 1.54) is 5.56 Å². The highest BCUT2D eigenvalue weighted by Gasteiger charge is 2.03. The molecule has 1 unspecified atom stereocenters. The van der Waals surface area contributed by atoms with Crippen molar-refractivity contribution in [3.63, 3.8) is 0 Å². The molecule has 1 atom stereocenters. The van der Waals surface area contributed by atoms with E-state index in [9.17, 15) is 4.39 Å². The number of hydrogen-bond donors (Lipinski definition) is 0. The van der Waals surface area contributed by atoms with Crippen LogP contribution >= 0.6 is 27.5 Å². The van der Waals surface area contributed by atoms with Gasteiger partial charge in [-0.15, -0.1) is 0 Å². The number of halogens is 3. The lowest BCUT2D eigenvalue weighted by molar-refractivity contribution is 0.460.